The lowest BCUT2D eigenvalue weighted by molar-refractivity contribution is 1.11. The first-order valence-corrected chi connectivity index (χ1v) is 5.25. The van der Waals surface area contributed by atoms with E-state index in [4.69, 9.17) is 5.73 Å². The first-order chi connectivity index (χ1) is 6.70. The fourth-order valence-corrected chi connectivity index (χ4v) is 1.57. The Labute approximate surface area is 86.6 Å². The molecule has 0 bridgehead atoms. The van der Waals surface area contributed by atoms with Crippen LogP contribution in [0.2, 0.25) is 0 Å². The number of hydrogen-bond donors (Lipinski definition) is 1. The summed E-state index contributed by atoms with van der Waals surface area (Å²) >= 11 is 0. The van der Waals surface area contributed by atoms with Crippen molar-refractivity contribution in [3.63, 3.8) is 0 Å². The number of rotatable bonds is 3. The zero-order valence-corrected chi connectivity index (χ0v) is 9.30. The molecule has 1 nitrogen and oxygen atoms in total. The highest BCUT2D eigenvalue weighted by molar-refractivity contribution is 5.68. The minimum absolute atomic E-state index is 0.925. The number of anilines is 1. The summed E-state index contributed by atoms with van der Waals surface area (Å²) in [5.41, 5.74) is 10.7. The molecule has 0 radical (unpaired) electrons. The zero-order chi connectivity index (χ0) is 10.6. The smallest absolute Gasteiger partial charge is 0.0420 e. The molecule has 0 saturated heterocycles. The Kier molecular flexibility index (Phi) is 3.75. The third kappa shape index (κ3) is 2.16. The molecule has 0 aliphatic rings. The third-order valence-electron chi connectivity index (χ3n) is 2.57. The maximum absolute atomic E-state index is 6.05. The lowest BCUT2D eigenvalue weighted by Gasteiger charge is -2.09. The Morgan fingerprint density at radius 1 is 1.29 bits per heavy atom. The van der Waals surface area contributed by atoms with Gasteiger partial charge in [-0.25, -0.2) is 0 Å². The average Bonchev–Trinajstić information content (AvgIpc) is 2.20. The van der Waals surface area contributed by atoms with Crippen molar-refractivity contribution in [1.29, 1.82) is 0 Å². The van der Waals surface area contributed by atoms with Crippen LogP contribution >= 0.6 is 0 Å². The van der Waals surface area contributed by atoms with E-state index < -0.39 is 0 Å². The van der Waals surface area contributed by atoms with Crippen LogP contribution < -0.4 is 5.73 Å². The van der Waals surface area contributed by atoms with Crippen molar-refractivity contribution in [2.24, 2.45) is 0 Å². The Bertz CT molecular complexity index is 337. The van der Waals surface area contributed by atoms with Gasteiger partial charge >= 0.3 is 0 Å². The lowest BCUT2D eigenvalue weighted by atomic mass is 10.00. The van der Waals surface area contributed by atoms with Gasteiger partial charge in [-0.2, -0.15) is 0 Å². The van der Waals surface area contributed by atoms with Crippen molar-refractivity contribution >= 4 is 11.8 Å². The molecule has 76 valence electrons. The Hall–Kier alpha value is -1.24. The van der Waals surface area contributed by atoms with Crippen LogP contribution in [-0.2, 0) is 6.42 Å². The van der Waals surface area contributed by atoms with Crippen molar-refractivity contribution < 1.29 is 0 Å². The van der Waals surface area contributed by atoms with Gasteiger partial charge in [0.2, 0.25) is 0 Å². The van der Waals surface area contributed by atoms with E-state index in [2.05, 4.69) is 45.1 Å². The van der Waals surface area contributed by atoms with Crippen molar-refractivity contribution in [2.75, 3.05) is 5.73 Å². The Balaban J connectivity index is 3.10. The van der Waals surface area contributed by atoms with Crippen molar-refractivity contribution in [3.05, 3.63) is 34.9 Å². The standard InChI is InChI=1S/C13H19N/c1-4-6-7-12-9-8-11(5-2)10(3)13(12)14/h6-9H,4-5,14H2,1-3H3/b7-6-. The molecule has 0 unspecified atom stereocenters. The van der Waals surface area contributed by atoms with Crippen LogP contribution in [0.5, 0.6) is 0 Å². The second kappa shape index (κ2) is 4.85. The highest BCUT2D eigenvalue weighted by Gasteiger charge is 2.02. The maximum atomic E-state index is 6.05. The molecule has 0 spiro atoms. The SMILES string of the molecule is CC/C=C\c1ccc(CC)c(C)c1N. The minimum atomic E-state index is 0.925. The Morgan fingerprint density at radius 2 is 2.00 bits per heavy atom. The molecule has 0 amide bonds. The molecule has 0 aliphatic carbocycles. The van der Waals surface area contributed by atoms with E-state index in [0.717, 1.165) is 24.1 Å². The summed E-state index contributed by atoms with van der Waals surface area (Å²) in [7, 11) is 0. The summed E-state index contributed by atoms with van der Waals surface area (Å²) in [6.07, 6.45) is 6.33. The van der Waals surface area contributed by atoms with Crippen molar-refractivity contribution in [2.45, 2.75) is 33.6 Å². The van der Waals surface area contributed by atoms with Gasteiger partial charge in [-0.1, -0.05) is 38.1 Å². The number of nitrogens with two attached hydrogens (primary N) is 1. The molecule has 0 aromatic heterocycles. The predicted molar refractivity (Wildman–Crippen MR) is 64.3 cm³/mol. The van der Waals surface area contributed by atoms with Crippen LogP contribution in [-0.4, -0.2) is 0 Å². The van der Waals surface area contributed by atoms with E-state index in [-0.39, 0.29) is 0 Å². The van der Waals surface area contributed by atoms with Gasteiger partial charge in [-0.3, -0.25) is 0 Å². The van der Waals surface area contributed by atoms with Crippen LogP contribution in [0.4, 0.5) is 5.69 Å². The summed E-state index contributed by atoms with van der Waals surface area (Å²) in [6, 6.07) is 4.27. The van der Waals surface area contributed by atoms with E-state index in [9.17, 15) is 0 Å². The molecule has 0 aliphatic heterocycles. The van der Waals surface area contributed by atoms with Gasteiger partial charge in [-0.15, -0.1) is 0 Å². The predicted octanol–water partition coefficient (Wildman–Crippen LogP) is 3.56. The van der Waals surface area contributed by atoms with Gasteiger partial charge in [0.15, 0.2) is 0 Å². The number of hydrogen-bond acceptors (Lipinski definition) is 1. The molecule has 2 N–H and O–H groups in total. The van der Waals surface area contributed by atoms with E-state index in [1.54, 1.807) is 0 Å². The first kappa shape index (κ1) is 10.8. The first-order valence-electron chi connectivity index (χ1n) is 5.25. The third-order valence-corrected chi connectivity index (χ3v) is 2.57. The largest absolute Gasteiger partial charge is 0.398 e. The molecule has 1 heteroatoms. The number of nitrogen functional groups attached to an aromatic ring is 1. The van der Waals surface area contributed by atoms with Gasteiger partial charge in [0, 0.05) is 5.69 Å². The molecule has 0 heterocycles. The summed E-state index contributed by atoms with van der Waals surface area (Å²) < 4.78 is 0. The van der Waals surface area contributed by atoms with Gasteiger partial charge in [0.05, 0.1) is 0 Å². The fraction of sp³-hybridized carbons (Fsp3) is 0.385. The molecule has 14 heavy (non-hydrogen) atoms. The number of aryl methyl sites for hydroxylation is 1. The van der Waals surface area contributed by atoms with Crippen LogP contribution in [0.15, 0.2) is 18.2 Å². The molecule has 1 aromatic carbocycles. The number of allylic oxidation sites excluding steroid dienone is 1. The zero-order valence-electron chi connectivity index (χ0n) is 9.30. The van der Waals surface area contributed by atoms with E-state index >= 15 is 0 Å². The highest BCUT2D eigenvalue weighted by Crippen LogP contribution is 2.22. The Morgan fingerprint density at radius 3 is 2.57 bits per heavy atom. The van der Waals surface area contributed by atoms with Crippen LogP contribution in [0.25, 0.3) is 6.08 Å². The summed E-state index contributed by atoms with van der Waals surface area (Å²) in [4.78, 5) is 0. The van der Waals surface area contributed by atoms with E-state index in [1.807, 2.05) is 0 Å². The maximum Gasteiger partial charge on any atom is 0.0420 e. The quantitative estimate of drug-likeness (QED) is 0.723. The van der Waals surface area contributed by atoms with E-state index in [0.29, 0.717) is 0 Å². The lowest BCUT2D eigenvalue weighted by Crippen LogP contribution is -1.97. The molecule has 1 aromatic rings. The molecular formula is C13H19N. The van der Waals surface area contributed by atoms with Crippen molar-refractivity contribution in [1.82, 2.24) is 0 Å². The summed E-state index contributed by atoms with van der Waals surface area (Å²) in [6.45, 7) is 6.38. The van der Waals surface area contributed by atoms with E-state index in [1.165, 1.54) is 11.1 Å². The topological polar surface area (TPSA) is 26.0 Å². The number of benzene rings is 1. The molecule has 0 atom stereocenters. The second-order valence-corrected chi connectivity index (χ2v) is 3.52. The average molecular weight is 189 g/mol. The molecule has 0 fully saturated rings. The second-order valence-electron chi connectivity index (χ2n) is 3.52. The highest BCUT2D eigenvalue weighted by atomic mass is 14.6. The summed E-state index contributed by atoms with van der Waals surface area (Å²) in [5.74, 6) is 0. The molecule has 1 rings (SSSR count). The fourth-order valence-electron chi connectivity index (χ4n) is 1.57. The monoisotopic (exact) mass is 189 g/mol. The minimum Gasteiger partial charge on any atom is -0.398 e. The normalized spacial score (nSPS) is 11.1. The summed E-state index contributed by atoms with van der Waals surface area (Å²) in [5, 5.41) is 0. The molecular weight excluding hydrogens is 170 g/mol. The van der Waals surface area contributed by atoms with Gasteiger partial charge in [-0.05, 0) is 36.5 Å². The van der Waals surface area contributed by atoms with Gasteiger partial charge < -0.3 is 5.73 Å². The molecule has 0 saturated carbocycles. The van der Waals surface area contributed by atoms with Crippen molar-refractivity contribution in [3.8, 4) is 0 Å². The van der Waals surface area contributed by atoms with Gasteiger partial charge in [0.1, 0.15) is 0 Å². The van der Waals surface area contributed by atoms with Crippen LogP contribution in [0.1, 0.15) is 37.0 Å². The van der Waals surface area contributed by atoms with Crippen LogP contribution in [0.3, 0.4) is 0 Å². The van der Waals surface area contributed by atoms with Gasteiger partial charge in [0.25, 0.3) is 0 Å². The van der Waals surface area contributed by atoms with Crippen LogP contribution in [0, 0.1) is 6.92 Å².